The number of aromatic nitrogens is 1. The Labute approximate surface area is 98.8 Å². The molecule has 5 nitrogen and oxygen atoms in total. The molecule has 0 aromatic carbocycles. The summed E-state index contributed by atoms with van der Waals surface area (Å²) in [5, 5.41) is 0. The molecule has 2 amide bonds. The molecule has 17 heavy (non-hydrogen) atoms. The average Bonchev–Trinajstić information content (AvgIpc) is 2.27. The Morgan fingerprint density at radius 1 is 1.29 bits per heavy atom. The third-order valence-electron chi connectivity index (χ3n) is 2.15. The number of hydrogen-bond donors (Lipinski definition) is 0. The van der Waals surface area contributed by atoms with Crippen molar-refractivity contribution in [2.75, 3.05) is 27.7 Å². The Bertz CT molecular complexity index is 434. The van der Waals surface area contributed by atoms with Gasteiger partial charge in [-0.15, -0.1) is 0 Å². The minimum atomic E-state index is -0.719. The van der Waals surface area contributed by atoms with Gasteiger partial charge in [-0.2, -0.15) is 4.39 Å². The smallest absolute Gasteiger partial charge is 0.272 e. The van der Waals surface area contributed by atoms with Crippen molar-refractivity contribution in [3.63, 3.8) is 0 Å². The van der Waals surface area contributed by atoms with Gasteiger partial charge in [-0.25, -0.2) is 4.98 Å². The Balaban J connectivity index is 2.73. The normalized spacial score (nSPS) is 9.88. The van der Waals surface area contributed by atoms with Crippen molar-refractivity contribution in [3.05, 3.63) is 29.8 Å². The lowest BCUT2D eigenvalue weighted by molar-refractivity contribution is -0.129. The van der Waals surface area contributed by atoms with Gasteiger partial charge in [-0.1, -0.05) is 6.07 Å². The molecule has 1 aromatic rings. The number of nitrogens with zero attached hydrogens (tertiary/aromatic N) is 3. The van der Waals surface area contributed by atoms with E-state index in [0.717, 1.165) is 6.07 Å². The molecule has 92 valence electrons. The quantitative estimate of drug-likeness (QED) is 0.717. The molecule has 0 aliphatic heterocycles. The summed E-state index contributed by atoms with van der Waals surface area (Å²) in [5.74, 6) is -1.42. The zero-order valence-electron chi connectivity index (χ0n) is 9.98. The van der Waals surface area contributed by atoms with Gasteiger partial charge in [0.1, 0.15) is 5.69 Å². The second kappa shape index (κ2) is 5.38. The van der Waals surface area contributed by atoms with Gasteiger partial charge < -0.3 is 9.80 Å². The predicted molar refractivity (Wildman–Crippen MR) is 59.8 cm³/mol. The second-order valence-corrected chi connectivity index (χ2v) is 3.79. The summed E-state index contributed by atoms with van der Waals surface area (Å²) < 4.78 is 12.8. The van der Waals surface area contributed by atoms with E-state index in [2.05, 4.69) is 4.98 Å². The maximum absolute atomic E-state index is 12.8. The van der Waals surface area contributed by atoms with Gasteiger partial charge in [0.05, 0.1) is 6.54 Å². The number of halogens is 1. The first-order chi connectivity index (χ1) is 7.91. The van der Waals surface area contributed by atoms with Crippen molar-refractivity contribution in [2.24, 2.45) is 0 Å². The van der Waals surface area contributed by atoms with E-state index in [9.17, 15) is 14.0 Å². The standard InChI is InChI=1S/C11H14FN3O2/c1-14(2)10(16)7-15(3)11(17)8-5-4-6-9(12)13-8/h4-6H,7H2,1-3H3. The molecule has 0 atom stereocenters. The molecule has 0 saturated carbocycles. The molecule has 1 heterocycles. The van der Waals surface area contributed by atoms with Crippen molar-refractivity contribution in [1.82, 2.24) is 14.8 Å². The summed E-state index contributed by atoms with van der Waals surface area (Å²) in [7, 11) is 4.67. The van der Waals surface area contributed by atoms with E-state index in [1.807, 2.05) is 0 Å². The fraction of sp³-hybridized carbons (Fsp3) is 0.364. The van der Waals surface area contributed by atoms with Gasteiger partial charge >= 0.3 is 0 Å². The molecule has 0 N–H and O–H groups in total. The van der Waals surface area contributed by atoms with Crippen molar-refractivity contribution in [1.29, 1.82) is 0 Å². The summed E-state index contributed by atoms with van der Waals surface area (Å²) in [5.41, 5.74) is -0.0148. The third-order valence-corrected chi connectivity index (χ3v) is 2.15. The van der Waals surface area contributed by atoms with Gasteiger partial charge in [0.15, 0.2) is 0 Å². The monoisotopic (exact) mass is 239 g/mol. The van der Waals surface area contributed by atoms with Crippen LogP contribution in [-0.2, 0) is 4.79 Å². The van der Waals surface area contributed by atoms with Crippen molar-refractivity contribution in [2.45, 2.75) is 0 Å². The highest BCUT2D eigenvalue weighted by Gasteiger charge is 2.17. The number of amides is 2. The SMILES string of the molecule is CN(C)C(=O)CN(C)C(=O)c1cccc(F)n1. The molecular formula is C11H14FN3O2. The second-order valence-electron chi connectivity index (χ2n) is 3.79. The lowest BCUT2D eigenvalue weighted by Gasteiger charge is -2.18. The molecule has 0 spiro atoms. The van der Waals surface area contributed by atoms with Gasteiger partial charge in [-0.05, 0) is 12.1 Å². The van der Waals surface area contributed by atoms with Crippen molar-refractivity contribution < 1.29 is 14.0 Å². The number of pyridine rings is 1. The minimum Gasteiger partial charge on any atom is -0.347 e. The molecule has 6 heteroatoms. The fourth-order valence-electron chi connectivity index (χ4n) is 1.14. The fourth-order valence-corrected chi connectivity index (χ4v) is 1.14. The topological polar surface area (TPSA) is 53.5 Å². The van der Waals surface area contributed by atoms with E-state index in [0.29, 0.717) is 0 Å². The lowest BCUT2D eigenvalue weighted by atomic mass is 10.3. The van der Waals surface area contributed by atoms with E-state index < -0.39 is 11.9 Å². The zero-order chi connectivity index (χ0) is 13.0. The van der Waals surface area contributed by atoms with Crippen molar-refractivity contribution in [3.8, 4) is 0 Å². The molecule has 0 radical (unpaired) electrons. The van der Waals surface area contributed by atoms with E-state index in [1.54, 1.807) is 14.1 Å². The number of carbonyl (C=O) groups excluding carboxylic acids is 2. The third kappa shape index (κ3) is 3.51. The van der Waals surface area contributed by atoms with Crippen LogP contribution < -0.4 is 0 Å². The summed E-state index contributed by atoms with van der Waals surface area (Å²) >= 11 is 0. The van der Waals surface area contributed by atoms with E-state index in [4.69, 9.17) is 0 Å². The first kappa shape index (κ1) is 13.1. The number of hydrogen-bond acceptors (Lipinski definition) is 3. The first-order valence-electron chi connectivity index (χ1n) is 5.00. The Morgan fingerprint density at radius 3 is 2.47 bits per heavy atom. The van der Waals surface area contributed by atoms with Gasteiger partial charge in [-0.3, -0.25) is 9.59 Å². The highest BCUT2D eigenvalue weighted by atomic mass is 19.1. The first-order valence-corrected chi connectivity index (χ1v) is 5.00. The van der Waals surface area contributed by atoms with E-state index in [-0.39, 0.29) is 18.1 Å². The van der Waals surface area contributed by atoms with Crippen molar-refractivity contribution >= 4 is 11.8 Å². The molecule has 0 saturated heterocycles. The highest BCUT2D eigenvalue weighted by Crippen LogP contribution is 2.02. The molecule has 0 aliphatic rings. The Morgan fingerprint density at radius 2 is 1.94 bits per heavy atom. The van der Waals surface area contributed by atoms with E-state index >= 15 is 0 Å². The summed E-state index contributed by atoms with van der Waals surface area (Å²) in [6.45, 7) is -0.0654. The van der Waals surface area contributed by atoms with Gasteiger partial charge in [0.25, 0.3) is 5.91 Å². The molecule has 0 unspecified atom stereocenters. The Hall–Kier alpha value is -1.98. The lowest BCUT2D eigenvalue weighted by Crippen LogP contribution is -2.38. The minimum absolute atomic E-state index is 0.0148. The maximum Gasteiger partial charge on any atom is 0.272 e. The average molecular weight is 239 g/mol. The predicted octanol–water partition coefficient (Wildman–Crippen LogP) is 0.381. The summed E-state index contributed by atoms with van der Waals surface area (Å²) in [4.78, 5) is 29.2. The molecule has 0 aliphatic carbocycles. The van der Waals surface area contributed by atoms with Crippen LogP contribution in [0.5, 0.6) is 0 Å². The van der Waals surface area contributed by atoms with Crippen LogP contribution in [0.3, 0.4) is 0 Å². The zero-order valence-corrected chi connectivity index (χ0v) is 9.98. The van der Waals surface area contributed by atoms with Gasteiger partial charge in [0, 0.05) is 21.1 Å². The molecular weight excluding hydrogens is 225 g/mol. The molecule has 1 aromatic heterocycles. The molecule has 1 rings (SSSR count). The molecule has 0 fully saturated rings. The largest absolute Gasteiger partial charge is 0.347 e. The molecule has 0 bridgehead atoms. The van der Waals surface area contributed by atoms with Crippen LogP contribution in [0.25, 0.3) is 0 Å². The summed E-state index contributed by atoms with van der Waals surface area (Å²) in [6.07, 6.45) is 0. The number of carbonyl (C=O) groups is 2. The van der Waals surface area contributed by atoms with Crippen LogP contribution in [0.2, 0.25) is 0 Å². The van der Waals surface area contributed by atoms with Crippen LogP contribution >= 0.6 is 0 Å². The maximum atomic E-state index is 12.8. The van der Waals surface area contributed by atoms with Crippen LogP contribution in [0, 0.1) is 5.95 Å². The van der Waals surface area contributed by atoms with Crippen LogP contribution in [-0.4, -0.2) is 54.3 Å². The van der Waals surface area contributed by atoms with Crippen LogP contribution in [0.15, 0.2) is 18.2 Å². The Kier molecular flexibility index (Phi) is 4.14. The van der Waals surface area contributed by atoms with E-state index in [1.165, 1.54) is 29.0 Å². The number of likely N-dealkylation sites (N-methyl/N-ethyl adjacent to an activating group) is 2. The summed E-state index contributed by atoms with van der Waals surface area (Å²) in [6, 6.07) is 3.96. The van der Waals surface area contributed by atoms with Gasteiger partial charge in [0.2, 0.25) is 11.9 Å². The van der Waals surface area contributed by atoms with Crippen LogP contribution in [0.1, 0.15) is 10.5 Å². The number of rotatable bonds is 3. The highest BCUT2D eigenvalue weighted by molar-refractivity contribution is 5.94. The van der Waals surface area contributed by atoms with Crippen LogP contribution in [0.4, 0.5) is 4.39 Å².